The summed E-state index contributed by atoms with van der Waals surface area (Å²) in [5.74, 6) is -0.178. The van der Waals surface area contributed by atoms with Gasteiger partial charge in [-0.1, -0.05) is 23.7 Å². The minimum Gasteiger partial charge on any atom is -0.497 e. The lowest BCUT2D eigenvalue weighted by Gasteiger charge is -2.13. The van der Waals surface area contributed by atoms with E-state index in [2.05, 4.69) is 5.32 Å². The van der Waals surface area contributed by atoms with Crippen LogP contribution in [0, 0.1) is 0 Å². The predicted octanol–water partition coefficient (Wildman–Crippen LogP) is 3.27. The van der Waals surface area contributed by atoms with E-state index in [0.717, 1.165) is 22.6 Å². The molecule has 0 aliphatic carbocycles. The van der Waals surface area contributed by atoms with E-state index in [0.29, 0.717) is 15.8 Å². The molecule has 122 valence electrons. The zero-order valence-corrected chi connectivity index (χ0v) is 14.2. The van der Waals surface area contributed by atoms with Crippen molar-refractivity contribution in [2.24, 2.45) is 0 Å². The summed E-state index contributed by atoms with van der Waals surface area (Å²) in [4.78, 5) is 24.2. The highest BCUT2D eigenvalue weighted by Crippen LogP contribution is 2.22. The first kappa shape index (κ1) is 17.3. The molecule has 1 amide bonds. The average molecular weight is 354 g/mol. The van der Waals surface area contributed by atoms with Crippen LogP contribution >= 0.6 is 22.9 Å². The fourth-order valence-corrected chi connectivity index (χ4v) is 2.70. The molecule has 5 nitrogen and oxygen atoms in total. The Morgan fingerprint density at radius 2 is 1.91 bits per heavy atom. The van der Waals surface area contributed by atoms with E-state index >= 15 is 0 Å². The van der Waals surface area contributed by atoms with Crippen LogP contribution < -0.4 is 10.1 Å². The molecular weight excluding hydrogens is 338 g/mol. The van der Waals surface area contributed by atoms with Gasteiger partial charge in [-0.25, -0.2) is 4.79 Å². The predicted molar refractivity (Wildman–Crippen MR) is 89.0 cm³/mol. The van der Waals surface area contributed by atoms with Crippen LogP contribution in [0.4, 0.5) is 0 Å². The van der Waals surface area contributed by atoms with E-state index in [1.54, 1.807) is 19.2 Å². The highest BCUT2D eigenvalue weighted by Gasteiger charge is 2.19. The molecule has 0 spiro atoms. The maximum absolute atomic E-state index is 12.0. The summed E-state index contributed by atoms with van der Waals surface area (Å²) in [7, 11) is 1.59. The van der Waals surface area contributed by atoms with Crippen LogP contribution in [0.25, 0.3) is 0 Å². The zero-order valence-electron chi connectivity index (χ0n) is 12.7. The number of hydrogen-bond acceptors (Lipinski definition) is 5. The molecule has 7 heteroatoms. The van der Waals surface area contributed by atoms with E-state index in [9.17, 15) is 9.59 Å². The Morgan fingerprint density at radius 3 is 2.48 bits per heavy atom. The van der Waals surface area contributed by atoms with Gasteiger partial charge in [-0.05, 0) is 36.8 Å². The smallest absolute Gasteiger partial charge is 0.349 e. The van der Waals surface area contributed by atoms with Crippen molar-refractivity contribution in [3.8, 4) is 5.75 Å². The number of amides is 1. The molecular formula is C16H16ClNO4S. The van der Waals surface area contributed by atoms with Gasteiger partial charge in [0.05, 0.1) is 11.4 Å². The Kier molecular flexibility index (Phi) is 6.01. The molecule has 0 bridgehead atoms. The topological polar surface area (TPSA) is 64.6 Å². The lowest BCUT2D eigenvalue weighted by molar-refractivity contribution is -0.129. The Balaban J connectivity index is 1.83. The molecule has 0 unspecified atom stereocenters. The van der Waals surface area contributed by atoms with Gasteiger partial charge in [-0.15, -0.1) is 11.3 Å². The van der Waals surface area contributed by atoms with Crippen LogP contribution in [-0.2, 0) is 16.1 Å². The van der Waals surface area contributed by atoms with Gasteiger partial charge in [0.25, 0.3) is 5.91 Å². The summed E-state index contributed by atoms with van der Waals surface area (Å²) in [6.45, 7) is 1.87. The lowest BCUT2D eigenvalue weighted by Crippen LogP contribution is -2.35. The number of carbonyl (C=O) groups is 2. The molecule has 1 N–H and O–H groups in total. The quantitative estimate of drug-likeness (QED) is 0.809. The highest BCUT2D eigenvalue weighted by molar-refractivity contribution is 7.17. The number of nitrogens with one attached hydrogen (secondary N) is 1. The second-order valence-electron chi connectivity index (χ2n) is 4.72. The third-order valence-corrected chi connectivity index (χ3v) is 4.26. The van der Waals surface area contributed by atoms with Crippen molar-refractivity contribution in [3.05, 3.63) is 51.2 Å². The van der Waals surface area contributed by atoms with Crippen LogP contribution in [0.5, 0.6) is 5.75 Å². The summed E-state index contributed by atoms with van der Waals surface area (Å²) in [6.07, 6.45) is -0.887. The van der Waals surface area contributed by atoms with Gasteiger partial charge >= 0.3 is 5.97 Å². The molecule has 0 aliphatic heterocycles. The van der Waals surface area contributed by atoms with E-state index < -0.39 is 12.1 Å². The summed E-state index contributed by atoms with van der Waals surface area (Å²) in [5, 5.41) is 2.72. The van der Waals surface area contributed by atoms with Crippen LogP contribution in [0.3, 0.4) is 0 Å². The summed E-state index contributed by atoms with van der Waals surface area (Å²) in [5.41, 5.74) is 0.919. The Labute approximate surface area is 143 Å². The standard InChI is InChI=1S/C16H16ClNO4S/c1-10(22-16(20)13-7-8-14(17)23-13)15(19)18-9-11-3-5-12(21-2)6-4-11/h3-8,10H,9H2,1-2H3,(H,18,19)/t10-/m0/s1. The van der Waals surface area contributed by atoms with Crippen LogP contribution in [-0.4, -0.2) is 25.1 Å². The molecule has 1 aromatic carbocycles. The molecule has 1 aromatic heterocycles. The maximum atomic E-state index is 12.0. The number of thiophene rings is 1. The van der Waals surface area contributed by atoms with Gasteiger partial charge in [-0.3, -0.25) is 4.79 Å². The number of methoxy groups -OCH3 is 1. The number of benzene rings is 1. The molecule has 0 fully saturated rings. The molecule has 2 rings (SSSR count). The monoisotopic (exact) mass is 353 g/mol. The van der Waals surface area contributed by atoms with Gasteiger partial charge in [0.15, 0.2) is 6.10 Å². The van der Waals surface area contributed by atoms with E-state index in [4.69, 9.17) is 21.1 Å². The number of hydrogen-bond donors (Lipinski definition) is 1. The van der Waals surface area contributed by atoms with Crippen molar-refractivity contribution in [2.75, 3.05) is 7.11 Å². The molecule has 1 heterocycles. The second kappa shape index (κ2) is 7.99. The van der Waals surface area contributed by atoms with E-state index in [-0.39, 0.29) is 5.91 Å². The fourth-order valence-electron chi connectivity index (χ4n) is 1.77. The Morgan fingerprint density at radius 1 is 1.22 bits per heavy atom. The average Bonchev–Trinajstić information content (AvgIpc) is 2.99. The third kappa shape index (κ3) is 4.97. The largest absolute Gasteiger partial charge is 0.497 e. The summed E-state index contributed by atoms with van der Waals surface area (Å²) < 4.78 is 10.7. The first-order chi connectivity index (χ1) is 11.0. The van der Waals surface area contributed by atoms with Gasteiger partial charge in [0.2, 0.25) is 0 Å². The van der Waals surface area contributed by atoms with Crippen LogP contribution in [0.2, 0.25) is 4.34 Å². The van der Waals surface area contributed by atoms with Gasteiger partial charge < -0.3 is 14.8 Å². The number of carbonyl (C=O) groups excluding carboxylic acids is 2. The first-order valence-corrected chi connectivity index (χ1v) is 8.06. The normalized spacial score (nSPS) is 11.6. The summed E-state index contributed by atoms with van der Waals surface area (Å²) in [6, 6.07) is 10.5. The number of ether oxygens (including phenoxy) is 2. The zero-order chi connectivity index (χ0) is 16.8. The summed E-state index contributed by atoms with van der Waals surface area (Å²) >= 11 is 6.88. The van der Waals surface area contributed by atoms with Gasteiger partial charge in [0, 0.05) is 6.54 Å². The molecule has 2 aromatic rings. The van der Waals surface area contributed by atoms with Crippen LogP contribution in [0.15, 0.2) is 36.4 Å². The molecule has 0 saturated heterocycles. The number of esters is 1. The second-order valence-corrected chi connectivity index (χ2v) is 6.43. The fraction of sp³-hybridized carbons (Fsp3) is 0.250. The molecule has 23 heavy (non-hydrogen) atoms. The van der Waals surface area contributed by atoms with Crippen molar-refractivity contribution in [2.45, 2.75) is 19.6 Å². The lowest BCUT2D eigenvalue weighted by atomic mass is 10.2. The molecule has 0 aliphatic rings. The SMILES string of the molecule is COc1ccc(CNC(=O)[C@H](C)OC(=O)c2ccc(Cl)s2)cc1. The molecule has 1 atom stereocenters. The third-order valence-electron chi connectivity index (χ3n) is 3.05. The number of halogens is 1. The Bertz CT molecular complexity index is 684. The minimum atomic E-state index is -0.887. The van der Waals surface area contributed by atoms with Crippen molar-refractivity contribution in [1.82, 2.24) is 5.32 Å². The first-order valence-electron chi connectivity index (χ1n) is 6.86. The van der Waals surface area contributed by atoms with Crippen molar-refractivity contribution in [3.63, 3.8) is 0 Å². The van der Waals surface area contributed by atoms with E-state index in [1.165, 1.54) is 6.92 Å². The van der Waals surface area contributed by atoms with Crippen molar-refractivity contribution >= 4 is 34.8 Å². The van der Waals surface area contributed by atoms with Crippen molar-refractivity contribution < 1.29 is 19.1 Å². The molecule has 0 radical (unpaired) electrons. The number of rotatable bonds is 6. The molecule has 0 saturated carbocycles. The van der Waals surface area contributed by atoms with E-state index in [1.807, 2.05) is 24.3 Å². The van der Waals surface area contributed by atoms with Gasteiger partial charge in [-0.2, -0.15) is 0 Å². The van der Waals surface area contributed by atoms with Crippen molar-refractivity contribution in [1.29, 1.82) is 0 Å². The van der Waals surface area contributed by atoms with Crippen LogP contribution in [0.1, 0.15) is 22.2 Å². The van der Waals surface area contributed by atoms with Gasteiger partial charge in [0.1, 0.15) is 10.6 Å². The maximum Gasteiger partial charge on any atom is 0.349 e. The minimum absolute atomic E-state index is 0.343. The Hall–Kier alpha value is -2.05. The highest BCUT2D eigenvalue weighted by atomic mass is 35.5.